The van der Waals surface area contributed by atoms with E-state index < -0.39 is 16.3 Å². The van der Waals surface area contributed by atoms with Gasteiger partial charge in [-0.05, 0) is 0 Å². The molecule has 0 aromatic rings. The van der Waals surface area contributed by atoms with E-state index in [-0.39, 0.29) is 51.4 Å². The second-order valence-electron chi connectivity index (χ2n) is 0.816. The fourth-order valence-corrected chi connectivity index (χ4v) is 0.289. The molecule has 0 radical (unpaired) electrons. The molecule has 0 spiro atoms. The smallest absolute Gasteiger partial charge is 0.545 e. The van der Waals surface area contributed by atoms with Crippen molar-refractivity contribution < 1.29 is 69.7 Å². The van der Waals surface area contributed by atoms with Gasteiger partial charge in [-0.3, -0.25) is 0 Å². The number of carboxylic acid groups (broad SMARTS) is 1. The Bertz CT molecular complexity index is 237. The number of aliphatic carboxylic acids is 1. The van der Waals surface area contributed by atoms with Crippen LogP contribution in [0.4, 0.5) is 0 Å². The van der Waals surface area contributed by atoms with Crippen LogP contribution < -0.4 is 56.5 Å². The molecule has 0 aliphatic heterocycles. The predicted octanol–water partition coefficient (Wildman–Crippen LogP) is -5.42. The molecule has 9 heavy (non-hydrogen) atoms. The Labute approximate surface area is 95.5 Å². The first kappa shape index (κ1) is 12.3. The first-order valence-electron chi connectivity index (χ1n) is 1.52. The molecular formula is C3HKO4S. The maximum absolute atomic E-state index is 9.47. The van der Waals surface area contributed by atoms with Crippen LogP contribution in [-0.4, -0.2) is 19.4 Å². The Kier molecular flexibility index (Phi) is 9.13. The van der Waals surface area contributed by atoms with Crippen LogP contribution in [0.1, 0.15) is 0 Å². The third kappa shape index (κ3) is 11.9. The van der Waals surface area contributed by atoms with Gasteiger partial charge >= 0.3 is 51.4 Å². The van der Waals surface area contributed by atoms with Crippen LogP contribution in [0.15, 0.2) is 6.08 Å². The van der Waals surface area contributed by atoms with Crippen molar-refractivity contribution in [3.63, 3.8) is 0 Å². The standard InChI is InChI=1S/C3H2O4S.K/c4-3(5)1-2-8(6)7;/h1H,(H,4,5);/q;+1/p-1. The number of carbonyl (C=O) groups excluding carboxylic acids is 1. The number of hydrogen-bond donors (Lipinski definition) is 0. The van der Waals surface area contributed by atoms with Crippen molar-refractivity contribution in [2.75, 3.05) is 0 Å². The zero-order chi connectivity index (χ0) is 6.57. The Morgan fingerprint density at radius 3 is 2.11 bits per heavy atom. The number of rotatable bonds is 1. The fourth-order valence-electron chi connectivity index (χ4n) is 0.0962. The summed E-state index contributed by atoms with van der Waals surface area (Å²) >= 11 is 0. The third-order valence-corrected chi connectivity index (χ3v) is 0.583. The maximum Gasteiger partial charge on any atom is 1.00 e. The van der Waals surface area contributed by atoms with Crippen LogP contribution in [0.2, 0.25) is 0 Å². The minimum Gasteiger partial charge on any atom is -0.545 e. The average molecular weight is 172 g/mol. The van der Waals surface area contributed by atoms with Gasteiger partial charge in [0.2, 0.25) is 0 Å². The monoisotopic (exact) mass is 172 g/mol. The zero-order valence-electron chi connectivity index (χ0n) is 4.62. The average Bonchev–Trinajstić information content (AvgIpc) is 1.61. The van der Waals surface area contributed by atoms with Gasteiger partial charge in [-0.15, -0.1) is 0 Å². The number of carbonyl (C=O) groups is 1. The van der Waals surface area contributed by atoms with E-state index >= 15 is 0 Å². The fraction of sp³-hybridized carbons (Fsp3) is 0. The molecule has 0 saturated heterocycles. The van der Waals surface area contributed by atoms with Gasteiger partial charge in [0.05, 0.1) is 5.97 Å². The van der Waals surface area contributed by atoms with Crippen molar-refractivity contribution in [3.8, 4) is 0 Å². The SMILES string of the molecule is O=C([O-])C=C=S(=O)=O.[K+]. The Morgan fingerprint density at radius 2 is 2.00 bits per heavy atom. The predicted molar refractivity (Wildman–Crippen MR) is 23.5 cm³/mol. The number of hydrogen-bond acceptors (Lipinski definition) is 4. The summed E-state index contributed by atoms with van der Waals surface area (Å²) in [5, 5.41) is 10.9. The number of carboxylic acids is 1. The van der Waals surface area contributed by atoms with Crippen molar-refractivity contribution in [1.82, 2.24) is 0 Å². The summed E-state index contributed by atoms with van der Waals surface area (Å²) in [6.45, 7) is 0. The summed E-state index contributed by atoms with van der Waals surface area (Å²) in [5.74, 6) is -1.57. The molecule has 0 heterocycles. The van der Waals surface area contributed by atoms with Gasteiger partial charge in [-0.1, -0.05) is 0 Å². The summed E-state index contributed by atoms with van der Waals surface area (Å²) < 4.78 is 18.9. The van der Waals surface area contributed by atoms with Gasteiger partial charge in [0.25, 0.3) is 10.3 Å². The molecule has 0 saturated carbocycles. The van der Waals surface area contributed by atoms with Gasteiger partial charge in [-0.25, -0.2) is 0 Å². The van der Waals surface area contributed by atoms with Gasteiger partial charge < -0.3 is 9.90 Å². The van der Waals surface area contributed by atoms with Crippen molar-refractivity contribution in [2.24, 2.45) is 0 Å². The van der Waals surface area contributed by atoms with Gasteiger partial charge in [0, 0.05) is 11.1 Å². The van der Waals surface area contributed by atoms with Crippen LogP contribution in [-0.2, 0) is 15.1 Å². The molecule has 0 atom stereocenters. The molecule has 44 valence electrons. The molecule has 0 bridgehead atoms. The second kappa shape index (κ2) is 6.69. The van der Waals surface area contributed by atoms with Gasteiger partial charge in [0.15, 0.2) is 0 Å². The molecular weight excluding hydrogens is 171 g/mol. The van der Waals surface area contributed by atoms with E-state index in [1.54, 1.807) is 0 Å². The molecule has 6 heteroatoms. The molecule has 0 aliphatic rings. The van der Waals surface area contributed by atoms with E-state index in [9.17, 15) is 18.3 Å². The van der Waals surface area contributed by atoms with Gasteiger partial charge in [0.1, 0.15) is 0 Å². The maximum atomic E-state index is 9.47. The van der Waals surface area contributed by atoms with Crippen molar-refractivity contribution in [1.29, 1.82) is 0 Å². The molecule has 0 aromatic heterocycles. The summed E-state index contributed by atoms with van der Waals surface area (Å²) in [6.07, 6.45) is 0.309. The van der Waals surface area contributed by atoms with E-state index in [2.05, 4.69) is 0 Å². The van der Waals surface area contributed by atoms with Crippen molar-refractivity contribution >= 4 is 21.3 Å². The van der Waals surface area contributed by atoms with Crippen LogP contribution in [0.3, 0.4) is 0 Å². The van der Waals surface area contributed by atoms with Crippen LogP contribution in [0.5, 0.6) is 0 Å². The van der Waals surface area contributed by atoms with E-state index in [0.29, 0.717) is 6.08 Å². The summed E-state index contributed by atoms with van der Waals surface area (Å²) in [5.41, 5.74) is 0. The normalized spacial score (nSPS) is 6.22. The first-order chi connectivity index (χ1) is 3.63. The minimum atomic E-state index is -2.56. The second-order valence-corrected chi connectivity index (χ2v) is 1.52. The zero-order valence-corrected chi connectivity index (χ0v) is 8.56. The molecule has 0 aliphatic carbocycles. The van der Waals surface area contributed by atoms with Gasteiger partial charge in [-0.2, -0.15) is 8.42 Å². The molecule has 4 nitrogen and oxygen atoms in total. The molecule has 0 amide bonds. The Hall–Kier alpha value is 0.576. The van der Waals surface area contributed by atoms with E-state index in [1.165, 1.54) is 5.02 Å². The quantitative estimate of drug-likeness (QED) is 0.225. The largest absolute Gasteiger partial charge is 1.00 e. The van der Waals surface area contributed by atoms with Crippen LogP contribution in [0.25, 0.3) is 0 Å². The minimum absolute atomic E-state index is 0. The molecule has 0 unspecified atom stereocenters. The Balaban J connectivity index is 0. The summed E-state index contributed by atoms with van der Waals surface area (Å²) in [4.78, 5) is 9.40. The van der Waals surface area contributed by atoms with Crippen LogP contribution >= 0.6 is 0 Å². The first-order valence-corrected chi connectivity index (χ1v) is 2.60. The Morgan fingerprint density at radius 1 is 1.56 bits per heavy atom. The summed E-state index contributed by atoms with van der Waals surface area (Å²) in [6, 6.07) is 0. The van der Waals surface area contributed by atoms with Crippen LogP contribution in [0, 0.1) is 0 Å². The topological polar surface area (TPSA) is 74.3 Å². The van der Waals surface area contributed by atoms with E-state index in [1.807, 2.05) is 0 Å². The van der Waals surface area contributed by atoms with Crippen molar-refractivity contribution in [3.05, 3.63) is 6.08 Å². The molecule has 0 fully saturated rings. The molecule has 0 rings (SSSR count). The van der Waals surface area contributed by atoms with E-state index in [4.69, 9.17) is 0 Å². The third-order valence-electron chi connectivity index (χ3n) is 0.273. The summed E-state index contributed by atoms with van der Waals surface area (Å²) in [7, 11) is -2.56. The molecule has 0 aromatic carbocycles. The molecule has 0 N–H and O–H groups in total. The van der Waals surface area contributed by atoms with E-state index in [0.717, 1.165) is 0 Å². The van der Waals surface area contributed by atoms with Crippen molar-refractivity contribution in [2.45, 2.75) is 0 Å².